The van der Waals surface area contributed by atoms with Crippen LogP contribution in [0.5, 0.6) is 0 Å². The molecule has 1 amide bonds. The lowest BCUT2D eigenvalue weighted by Crippen LogP contribution is -2.42. The maximum Gasteiger partial charge on any atom is 0.223 e. The molecule has 1 saturated heterocycles. The van der Waals surface area contributed by atoms with Crippen molar-refractivity contribution in [2.45, 2.75) is 39.2 Å². The number of hydrogen-bond donors (Lipinski definition) is 1. The molecule has 1 rings (SSSR count). The Hall–Kier alpha value is -0.610. The average Bonchev–Trinajstić information content (AvgIpc) is 2.35. The van der Waals surface area contributed by atoms with Crippen molar-refractivity contribution in [3.8, 4) is 0 Å². The first-order valence-corrected chi connectivity index (χ1v) is 6.63. The van der Waals surface area contributed by atoms with Crippen LogP contribution >= 0.6 is 0 Å². The Morgan fingerprint density at radius 3 is 2.82 bits per heavy atom. The highest BCUT2D eigenvalue weighted by atomic mass is 16.3. The first kappa shape index (κ1) is 14.5. The summed E-state index contributed by atoms with van der Waals surface area (Å²) in [6.07, 6.45) is 2.66. The van der Waals surface area contributed by atoms with Gasteiger partial charge in [-0.05, 0) is 39.7 Å². The van der Waals surface area contributed by atoms with E-state index in [1.54, 1.807) is 0 Å². The van der Waals surface area contributed by atoms with E-state index in [-0.39, 0.29) is 18.4 Å². The fourth-order valence-electron chi connectivity index (χ4n) is 2.13. The summed E-state index contributed by atoms with van der Waals surface area (Å²) in [7, 11) is 2.05. The Balaban J connectivity index is 2.32. The molecule has 0 aliphatic carbocycles. The second-order valence-electron chi connectivity index (χ2n) is 5.35. The summed E-state index contributed by atoms with van der Waals surface area (Å²) >= 11 is 0. The average molecular weight is 242 g/mol. The predicted octanol–water partition coefficient (Wildman–Crippen LogP) is 0.948. The second-order valence-corrected chi connectivity index (χ2v) is 5.35. The van der Waals surface area contributed by atoms with Crippen molar-refractivity contribution in [3.63, 3.8) is 0 Å². The van der Waals surface area contributed by atoms with Gasteiger partial charge in [0.05, 0.1) is 0 Å². The minimum Gasteiger partial charge on any atom is -0.396 e. The summed E-state index contributed by atoms with van der Waals surface area (Å²) < 4.78 is 0. The van der Waals surface area contributed by atoms with Crippen LogP contribution in [0.3, 0.4) is 0 Å². The van der Waals surface area contributed by atoms with Gasteiger partial charge >= 0.3 is 0 Å². The highest BCUT2D eigenvalue weighted by Crippen LogP contribution is 2.16. The monoisotopic (exact) mass is 242 g/mol. The largest absolute Gasteiger partial charge is 0.396 e. The van der Waals surface area contributed by atoms with Gasteiger partial charge in [-0.25, -0.2) is 0 Å². The van der Waals surface area contributed by atoms with Crippen molar-refractivity contribution in [1.82, 2.24) is 9.80 Å². The van der Waals surface area contributed by atoms with E-state index >= 15 is 0 Å². The maximum atomic E-state index is 12.0. The normalized spacial score (nSPS) is 21.3. The van der Waals surface area contributed by atoms with Gasteiger partial charge in [0, 0.05) is 38.7 Å². The molecule has 0 aromatic rings. The molecular formula is C13H26N2O2. The van der Waals surface area contributed by atoms with E-state index in [2.05, 4.69) is 18.7 Å². The summed E-state index contributed by atoms with van der Waals surface area (Å²) in [5.74, 6) is 0.520. The van der Waals surface area contributed by atoms with E-state index in [0.29, 0.717) is 12.5 Å². The van der Waals surface area contributed by atoms with Crippen LogP contribution in [0.15, 0.2) is 0 Å². The summed E-state index contributed by atoms with van der Waals surface area (Å²) in [6.45, 7) is 6.88. The molecule has 1 unspecified atom stereocenters. The molecule has 0 spiro atoms. The molecule has 1 heterocycles. The number of carbonyl (C=O) groups excluding carboxylic acids is 1. The number of aliphatic hydroxyl groups excluding tert-OH is 1. The van der Waals surface area contributed by atoms with Gasteiger partial charge in [-0.15, -0.1) is 0 Å². The van der Waals surface area contributed by atoms with Crippen LogP contribution in [0, 0.1) is 5.92 Å². The maximum absolute atomic E-state index is 12.0. The number of hydrogen-bond acceptors (Lipinski definition) is 3. The number of likely N-dealkylation sites (tertiary alicyclic amines) is 1. The van der Waals surface area contributed by atoms with Gasteiger partial charge in [0.25, 0.3) is 0 Å². The van der Waals surface area contributed by atoms with E-state index in [0.717, 1.165) is 32.5 Å². The summed E-state index contributed by atoms with van der Waals surface area (Å²) in [4.78, 5) is 16.1. The molecular weight excluding hydrogens is 216 g/mol. The van der Waals surface area contributed by atoms with Crippen molar-refractivity contribution in [3.05, 3.63) is 0 Å². The Morgan fingerprint density at radius 2 is 2.24 bits per heavy atom. The minimum atomic E-state index is 0.204. The van der Waals surface area contributed by atoms with Crippen LogP contribution in [0.4, 0.5) is 0 Å². The molecule has 0 aromatic carbocycles. The molecule has 4 heteroatoms. The zero-order valence-corrected chi connectivity index (χ0v) is 11.4. The van der Waals surface area contributed by atoms with Gasteiger partial charge in [-0.2, -0.15) is 0 Å². The molecule has 0 aromatic heterocycles. The SMILES string of the molecule is CC(C)N(C)CCC(=O)N1CCCC(CO)C1. The van der Waals surface area contributed by atoms with Crippen LogP contribution in [0.1, 0.15) is 33.1 Å². The number of amides is 1. The molecule has 17 heavy (non-hydrogen) atoms. The molecule has 100 valence electrons. The molecule has 1 atom stereocenters. The predicted molar refractivity (Wildman–Crippen MR) is 68.8 cm³/mol. The van der Waals surface area contributed by atoms with Crippen molar-refractivity contribution in [1.29, 1.82) is 0 Å². The highest BCUT2D eigenvalue weighted by molar-refractivity contribution is 5.76. The molecule has 0 radical (unpaired) electrons. The van der Waals surface area contributed by atoms with Gasteiger partial charge in [0.15, 0.2) is 0 Å². The minimum absolute atomic E-state index is 0.204. The number of nitrogens with zero attached hydrogens (tertiary/aromatic N) is 2. The fraction of sp³-hybridized carbons (Fsp3) is 0.923. The number of aliphatic hydroxyl groups is 1. The molecule has 0 saturated carbocycles. The topological polar surface area (TPSA) is 43.8 Å². The summed E-state index contributed by atoms with van der Waals surface area (Å²) in [5, 5.41) is 9.14. The van der Waals surface area contributed by atoms with Gasteiger partial charge in [-0.1, -0.05) is 0 Å². The Morgan fingerprint density at radius 1 is 1.53 bits per heavy atom. The zero-order valence-electron chi connectivity index (χ0n) is 11.4. The molecule has 1 aliphatic rings. The number of rotatable bonds is 5. The van der Waals surface area contributed by atoms with E-state index < -0.39 is 0 Å². The van der Waals surface area contributed by atoms with Crippen LogP contribution in [-0.2, 0) is 4.79 Å². The smallest absolute Gasteiger partial charge is 0.223 e. The number of carbonyl (C=O) groups is 1. The fourth-order valence-corrected chi connectivity index (χ4v) is 2.13. The Bertz CT molecular complexity index is 244. The second kappa shape index (κ2) is 6.97. The third-order valence-corrected chi connectivity index (χ3v) is 3.69. The van der Waals surface area contributed by atoms with Crippen molar-refractivity contribution < 1.29 is 9.90 Å². The van der Waals surface area contributed by atoms with Crippen LogP contribution in [-0.4, -0.2) is 60.1 Å². The van der Waals surface area contributed by atoms with Gasteiger partial charge in [0.1, 0.15) is 0 Å². The van der Waals surface area contributed by atoms with Crippen LogP contribution in [0.25, 0.3) is 0 Å². The Labute approximate surface area is 105 Å². The van der Waals surface area contributed by atoms with E-state index in [1.165, 1.54) is 0 Å². The molecule has 4 nitrogen and oxygen atoms in total. The highest BCUT2D eigenvalue weighted by Gasteiger charge is 2.23. The quantitative estimate of drug-likeness (QED) is 0.780. The van der Waals surface area contributed by atoms with Crippen LogP contribution < -0.4 is 0 Å². The number of piperidine rings is 1. The lowest BCUT2D eigenvalue weighted by atomic mass is 9.99. The van der Waals surface area contributed by atoms with E-state index in [4.69, 9.17) is 5.11 Å². The Kier molecular flexibility index (Phi) is 5.92. The summed E-state index contributed by atoms with van der Waals surface area (Å²) in [5.41, 5.74) is 0. The van der Waals surface area contributed by atoms with Gasteiger partial charge in [-0.3, -0.25) is 4.79 Å². The van der Waals surface area contributed by atoms with Gasteiger partial charge in [0.2, 0.25) is 5.91 Å². The van der Waals surface area contributed by atoms with Crippen molar-refractivity contribution in [2.75, 3.05) is 33.3 Å². The van der Waals surface area contributed by atoms with E-state index in [9.17, 15) is 4.79 Å². The first-order chi connectivity index (χ1) is 8.04. The van der Waals surface area contributed by atoms with Crippen molar-refractivity contribution in [2.24, 2.45) is 5.92 Å². The molecule has 1 aliphatic heterocycles. The first-order valence-electron chi connectivity index (χ1n) is 6.63. The third kappa shape index (κ3) is 4.64. The standard InChI is InChI=1S/C13H26N2O2/c1-11(2)14(3)8-6-13(17)15-7-4-5-12(9-15)10-16/h11-12,16H,4-10H2,1-3H3. The van der Waals surface area contributed by atoms with E-state index in [1.807, 2.05) is 11.9 Å². The van der Waals surface area contributed by atoms with Crippen molar-refractivity contribution >= 4 is 5.91 Å². The lowest BCUT2D eigenvalue weighted by Gasteiger charge is -2.32. The molecule has 1 N–H and O–H groups in total. The molecule has 0 bridgehead atoms. The summed E-state index contributed by atoms with van der Waals surface area (Å²) in [6, 6.07) is 0.481. The van der Waals surface area contributed by atoms with Crippen LogP contribution in [0.2, 0.25) is 0 Å². The lowest BCUT2D eigenvalue weighted by molar-refractivity contribution is -0.133. The third-order valence-electron chi connectivity index (χ3n) is 3.69. The zero-order chi connectivity index (χ0) is 12.8. The van der Waals surface area contributed by atoms with Gasteiger partial charge < -0.3 is 14.9 Å². The molecule has 1 fully saturated rings.